The minimum Gasteiger partial charge on any atom is -0.508 e. The van der Waals surface area contributed by atoms with E-state index in [1.165, 1.54) is 12.1 Å². The minimum atomic E-state index is -4.33. The second kappa shape index (κ2) is 9.84. The summed E-state index contributed by atoms with van der Waals surface area (Å²) in [5, 5.41) is 15.2. The van der Waals surface area contributed by atoms with Crippen molar-refractivity contribution in [2.45, 2.75) is 38.0 Å². The predicted molar refractivity (Wildman–Crippen MR) is 108 cm³/mol. The predicted octanol–water partition coefficient (Wildman–Crippen LogP) is 3.92. The van der Waals surface area contributed by atoms with Crippen molar-refractivity contribution < 1.29 is 23.1 Å². The fourth-order valence-electron chi connectivity index (χ4n) is 3.61. The van der Waals surface area contributed by atoms with Crippen molar-refractivity contribution >= 4 is 6.03 Å². The van der Waals surface area contributed by atoms with Gasteiger partial charge in [-0.1, -0.05) is 30.3 Å². The molecule has 1 fully saturated rings. The van der Waals surface area contributed by atoms with Crippen LogP contribution in [0.1, 0.15) is 29.5 Å². The highest BCUT2D eigenvalue weighted by molar-refractivity contribution is 5.74. The van der Waals surface area contributed by atoms with Gasteiger partial charge in [0.05, 0.1) is 5.56 Å². The van der Waals surface area contributed by atoms with Gasteiger partial charge in [0.1, 0.15) is 5.75 Å². The summed E-state index contributed by atoms with van der Waals surface area (Å²) in [6.45, 7) is 2.35. The third kappa shape index (κ3) is 6.66. The number of nitrogens with zero attached hydrogens (tertiary/aromatic N) is 1. The Bertz CT molecular complexity index is 850. The summed E-state index contributed by atoms with van der Waals surface area (Å²) in [7, 11) is 0. The average molecular weight is 421 g/mol. The van der Waals surface area contributed by atoms with E-state index < -0.39 is 11.7 Å². The zero-order valence-corrected chi connectivity index (χ0v) is 16.6. The number of halogens is 3. The standard InChI is InChI=1S/C22H26F3N3O2/c23-22(24,25)18-5-1-4-17(13-18)15-28-11-8-19(9-12-28)27-21(30)26-10-7-16-3-2-6-20(29)14-16/h1-6,13-14,19,29H,7-12,15H2,(H2,26,27,30). The quantitative estimate of drug-likeness (QED) is 0.663. The van der Waals surface area contributed by atoms with E-state index in [0.717, 1.165) is 24.5 Å². The molecule has 1 aliphatic heterocycles. The number of hydrogen-bond donors (Lipinski definition) is 3. The topological polar surface area (TPSA) is 64.6 Å². The molecule has 1 aliphatic rings. The highest BCUT2D eigenvalue weighted by Gasteiger charge is 2.30. The Kier molecular flexibility index (Phi) is 7.20. The third-order valence-electron chi connectivity index (χ3n) is 5.19. The first-order chi connectivity index (χ1) is 14.3. The van der Waals surface area contributed by atoms with Gasteiger partial charge < -0.3 is 15.7 Å². The van der Waals surface area contributed by atoms with Crippen molar-refractivity contribution in [3.8, 4) is 5.75 Å². The Hall–Kier alpha value is -2.74. The van der Waals surface area contributed by atoms with Crippen molar-refractivity contribution in [2.24, 2.45) is 0 Å². The average Bonchev–Trinajstić information content (AvgIpc) is 2.69. The first kappa shape index (κ1) is 22.0. The van der Waals surface area contributed by atoms with Gasteiger partial charge >= 0.3 is 12.2 Å². The molecule has 1 heterocycles. The lowest BCUT2D eigenvalue weighted by Crippen LogP contribution is -2.48. The molecule has 8 heteroatoms. The number of carbonyl (C=O) groups is 1. The number of phenolic OH excluding ortho intramolecular Hbond substituents is 1. The van der Waals surface area contributed by atoms with Crippen LogP contribution in [-0.2, 0) is 19.1 Å². The molecular weight excluding hydrogens is 395 g/mol. The molecule has 0 aromatic heterocycles. The van der Waals surface area contributed by atoms with Gasteiger partial charge in [-0.2, -0.15) is 13.2 Å². The highest BCUT2D eigenvalue weighted by Crippen LogP contribution is 2.30. The van der Waals surface area contributed by atoms with E-state index in [0.29, 0.717) is 38.2 Å². The Morgan fingerprint density at radius 3 is 2.47 bits per heavy atom. The van der Waals surface area contributed by atoms with Crippen LogP contribution in [0.5, 0.6) is 5.75 Å². The summed E-state index contributed by atoms with van der Waals surface area (Å²) < 4.78 is 38.6. The molecule has 0 aliphatic carbocycles. The summed E-state index contributed by atoms with van der Waals surface area (Å²) in [6, 6.07) is 12.2. The number of likely N-dealkylation sites (tertiary alicyclic amines) is 1. The van der Waals surface area contributed by atoms with Crippen LogP contribution in [0.2, 0.25) is 0 Å². The van der Waals surface area contributed by atoms with Crippen molar-refractivity contribution in [2.75, 3.05) is 19.6 Å². The molecule has 1 saturated heterocycles. The molecule has 3 N–H and O–H groups in total. The lowest BCUT2D eigenvalue weighted by molar-refractivity contribution is -0.137. The van der Waals surface area contributed by atoms with Crippen LogP contribution in [0.15, 0.2) is 48.5 Å². The molecule has 0 saturated carbocycles. The van der Waals surface area contributed by atoms with E-state index >= 15 is 0 Å². The normalized spacial score (nSPS) is 15.7. The smallest absolute Gasteiger partial charge is 0.416 e. The number of carbonyl (C=O) groups excluding carboxylic acids is 1. The van der Waals surface area contributed by atoms with Gasteiger partial charge in [0.25, 0.3) is 0 Å². The van der Waals surface area contributed by atoms with Gasteiger partial charge in [0.15, 0.2) is 0 Å². The minimum absolute atomic E-state index is 0.0449. The number of phenols is 1. The summed E-state index contributed by atoms with van der Waals surface area (Å²) >= 11 is 0. The number of urea groups is 1. The molecule has 0 spiro atoms. The lowest BCUT2D eigenvalue weighted by atomic mass is 10.0. The molecule has 0 unspecified atom stereocenters. The molecule has 0 bridgehead atoms. The number of benzene rings is 2. The molecule has 30 heavy (non-hydrogen) atoms. The molecule has 0 radical (unpaired) electrons. The summed E-state index contributed by atoms with van der Waals surface area (Å²) in [6.07, 6.45) is -2.21. The van der Waals surface area contributed by atoms with Crippen LogP contribution >= 0.6 is 0 Å². The number of aromatic hydroxyl groups is 1. The van der Waals surface area contributed by atoms with Crippen molar-refractivity contribution in [1.82, 2.24) is 15.5 Å². The van der Waals surface area contributed by atoms with Crippen molar-refractivity contribution in [3.05, 3.63) is 65.2 Å². The van der Waals surface area contributed by atoms with Gasteiger partial charge in [-0.25, -0.2) is 4.79 Å². The third-order valence-corrected chi connectivity index (χ3v) is 5.19. The number of amides is 2. The molecule has 2 aromatic rings. The SMILES string of the molecule is O=C(NCCc1cccc(O)c1)NC1CCN(Cc2cccc(C(F)(F)F)c2)CC1. The van der Waals surface area contributed by atoms with Crippen molar-refractivity contribution in [3.63, 3.8) is 0 Å². The molecule has 2 aromatic carbocycles. The summed E-state index contributed by atoms with van der Waals surface area (Å²) in [5.74, 6) is 0.203. The number of nitrogens with one attached hydrogen (secondary N) is 2. The zero-order valence-electron chi connectivity index (χ0n) is 16.6. The van der Waals surface area contributed by atoms with Crippen molar-refractivity contribution in [1.29, 1.82) is 0 Å². The zero-order chi connectivity index (χ0) is 21.6. The van der Waals surface area contributed by atoms with E-state index in [-0.39, 0.29) is 17.8 Å². The van der Waals surface area contributed by atoms with Crippen LogP contribution in [0.4, 0.5) is 18.0 Å². The molecule has 162 valence electrons. The number of piperidine rings is 1. The molecule has 3 rings (SSSR count). The first-order valence-electron chi connectivity index (χ1n) is 10.0. The van der Waals surface area contributed by atoms with E-state index in [9.17, 15) is 23.1 Å². The van der Waals surface area contributed by atoms with Gasteiger partial charge in [0, 0.05) is 32.2 Å². The van der Waals surface area contributed by atoms with E-state index in [1.807, 2.05) is 6.07 Å². The fourth-order valence-corrected chi connectivity index (χ4v) is 3.61. The Morgan fingerprint density at radius 2 is 1.77 bits per heavy atom. The van der Waals surface area contributed by atoms with Gasteiger partial charge in [-0.15, -0.1) is 0 Å². The molecule has 0 atom stereocenters. The van der Waals surface area contributed by atoms with Crippen LogP contribution in [0, 0.1) is 0 Å². The Morgan fingerprint density at radius 1 is 1.07 bits per heavy atom. The summed E-state index contributed by atoms with van der Waals surface area (Å²) in [5.41, 5.74) is 0.957. The van der Waals surface area contributed by atoms with Crippen LogP contribution in [0.25, 0.3) is 0 Å². The van der Waals surface area contributed by atoms with Gasteiger partial charge in [0.2, 0.25) is 0 Å². The van der Waals surface area contributed by atoms with Crippen LogP contribution in [-0.4, -0.2) is 41.7 Å². The lowest BCUT2D eigenvalue weighted by Gasteiger charge is -2.32. The second-order valence-corrected chi connectivity index (χ2v) is 7.57. The highest BCUT2D eigenvalue weighted by atomic mass is 19.4. The number of hydrogen-bond acceptors (Lipinski definition) is 3. The van der Waals surface area contributed by atoms with Gasteiger partial charge in [-0.05, 0) is 48.6 Å². The maximum absolute atomic E-state index is 12.9. The second-order valence-electron chi connectivity index (χ2n) is 7.57. The van der Waals surface area contributed by atoms with E-state index in [1.54, 1.807) is 24.3 Å². The van der Waals surface area contributed by atoms with Crippen LogP contribution < -0.4 is 10.6 Å². The largest absolute Gasteiger partial charge is 0.508 e. The van der Waals surface area contributed by atoms with E-state index in [2.05, 4.69) is 15.5 Å². The Balaban J connectivity index is 1.37. The molecule has 5 nitrogen and oxygen atoms in total. The fraction of sp³-hybridized carbons (Fsp3) is 0.409. The molecular formula is C22H26F3N3O2. The maximum Gasteiger partial charge on any atom is 0.416 e. The Labute approximate surface area is 173 Å². The molecule has 2 amide bonds. The number of alkyl halides is 3. The monoisotopic (exact) mass is 421 g/mol. The maximum atomic E-state index is 12.9. The summed E-state index contributed by atoms with van der Waals surface area (Å²) in [4.78, 5) is 14.2. The van der Waals surface area contributed by atoms with E-state index in [4.69, 9.17) is 0 Å². The van der Waals surface area contributed by atoms with Crippen LogP contribution in [0.3, 0.4) is 0 Å². The number of rotatable bonds is 6. The van der Waals surface area contributed by atoms with Gasteiger partial charge in [-0.3, -0.25) is 4.90 Å². The first-order valence-corrected chi connectivity index (χ1v) is 10.0.